The summed E-state index contributed by atoms with van der Waals surface area (Å²) < 4.78 is 25.6. The van der Waals surface area contributed by atoms with E-state index in [1.165, 1.54) is 4.31 Å². The minimum absolute atomic E-state index is 0.0993. The molecule has 0 spiro atoms. The first-order chi connectivity index (χ1) is 8.68. The SMILES string of the molecule is CCCS(=O)(=O)N1CCCN(C(=O)C(C)(C)C)CC1. The smallest absolute Gasteiger partial charge is 0.227 e. The number of rotatable bonds is 3. The molecular weight excluding hydrogens is 264 g/mol. The van der Waals surface area contributed by atoms with Crippen LogP contribution in [0.1, 0.15) is 40.5 Å². The molecule has 0 unspecified atom stereocenters. The standard InChI is InChI=1S/C13H26N2O3S/c1-5-11-19(17,18)15-8-6-7-14(9-10-15)12(16)13(2,3)4/h5-11H2,1-4H3. The minimum atomic E-state index is -3.15. The van der Waals surface area contributed by atoms with Crippen molar-refractivity contribution in [1.29, 1.82) is 0 Å². The second-order valence-corrected chi connectivity index (χ2v) is 8.20. The molecule has 112 valence electrons. The van der Waals surface area contributed by atoms with Gasteiger partial charge in [-0.15, -0.1) is 0 Å². The van der Waals surface area contributed by atoms with Gasteiger partial charge in [-0.05, 0) is 12.8 Å². The van der Waals surface area contributed by atoms with Gasteiger partial charge in [-0.3, -0.25) is 4.79 Å². The number of amides is 1. The highest BCUT2D eigenvalue weighted by Gasteiger charge is 2.30. The van der Waals surface area contributed by atoms with Crippen LogP contribution in [0.25, 0.3) is 0 Å². The molecule has 6 heteroatoms. The Labute approximate surface area is 117 Å². The van der Waals surface area contributed by atoms with Crippen LogP contribution in [0.4, 0.5) is 0 Å². The number of hydrogen-bond acceptors (Lipinski definition) is 3. The van der Waals surface area contributed by atoms with E-state index in [2.05, 4.69) is 0 Å². The quantitative estimate of drug-likeness (QED) is 0.787. The Balaban J connectivity index is 2.70. The van der Waals surface area contributed by atoms with E-state index < -0.39 is 15.4 Å². The Morgan fingerprint density at radius 2 is 1.74 bits per heavy atom. The molecule has 0 N–H and O–H groups in total. The first-order valence-electron chi connectivity index (χ1n) is 6.95. The first-order valence-corrected chi connectivity index (χ1v) is 8.56. The molecule has 0 bridgehead atoms. The third kappa shape index (κ3) is 4.45. The Kier molecular flexibility index (Phi) is 5.38. The maximum atomic E-state index is 12.2. The molecule has 1 aliphatic heterocycles. The molecule has 0 aromatic rings. The molecule has 5 nitrogen and oxygen atoms in total. The van der Waals surface area contributed by atoms with Gasteiger partial charge < -0.3 is 4.90 Å². The van der Waals surface area contributed by atoms with Gasteiger partial charge in [0, 0.05) is 31.6 Å². The average molecular weight is 290 g/mol. The molecule has 0 aliphatic carbocycles. The molecule has 0 saturated carbocycles. The molecule has 0 aromatic carbocycles. The zero-order valence-electron chi connectivity index (χ0n) is 12.5. The van der Waals surface area contributed by atoms with Crippen LogP contribution in [0.3, 0.4) is 0 Å². The van der Waals surface area contributed by atoms with Crippen LogP contribution < -0.4 is 0 Å². The summed E-state index contributed by atoms with van der Waals surface area (Å²) in [6.45, 7) is 9.64. The monoisotopic (exact) mass is 290 g/mol. The fraction of sp³-hybridized carbons (Fsp3) is 0.923. The lowest BCUT2D eigenvalue weighted by atomic mass is 9.94. The Bertz CT molecular complexity index is 412. The van der Waals surface area contributed by atoms with Crippen LogP contribution in [-0.4, -0.2) is 55.5 Å². The summed E-state index contributed by atoms with van der Waals surface area (Å²) >= 11 is 0. The van der Waals surface area contributed by atoms with Crippen LogP contribution >= 0.6 is 0 Å². The van der Waals surface area contributed by atoms with E-state index >= 15 is 0 Å². The Morgan fingerprint density at radius 1 is 1.11 bits per heavy atom. The van der Waals surface area contributed by atoms with Crippen molar-refractivity contribution in [2.75, 3.05) is 31.9 Å². The fourth-order valence-electron chi connectivity index (χ4n) is 2.24. The summed E-state index contributed by atoms with van der Waals surface area (Å²) in [6, 6.07) is 0. The maximum Gasteiger partial charge on any atom is 0.227 e. The summed E-state index contributed by atoms with van der Waals surface area (Å²) in [6.07, 6.45) is 1.34. The van der Waals surface area contributed by atoms with Crippen LogP contribution in [0.15, 0.2) is 0 Å². The summed E-state index contributed by atoms with van der Waals surface area (Å²) in [4.78, 5) is 14.0. The molecule has 0 atom stereocenters. The Hall–Kier alpha value is -0.620. The fourth-order valence-corrected chi connectivity index (χ4v) is 3.78. The van der Waals surface area contributed by atoms with Crippen molar-refractivity contribution >= 4 is 15.9 Å². The maximum absolute atomic E-state index is 12.2. The number of carbonyl (C=O) groups is 1. The van der Waals surface area contributed by atoms with Crippen molar-refractivity contribution in [1.82, 2.24) is 9.21 Å². The second-order valence-electron chi connectivity index (χ2n) is 6.11. The topological polar surface area (TPSA) is 57.7 Å². The van der Waals surface area contributed by atoms with Crippen molar-refractivity contribution in [3.63, 3.8) is 0 Å². The lowest BCUT2D eigenvalue weighted by Crippen LogP contribution is -2.42. The molecule has 19 heavy (non-hydrogen) atoms. The summed E-state index contributed by atoms with van der Waals surface area (Å²) in [5.41, 5.74) is -0.405. The second kappa shape index (κ2) is 6.22. The van der Waals surface area contributed by atoms with Gasteiger partial charge in [0.2, 0.25) is 15.9 Å². The highest BCUT2D eigenvalue weighted by atomic mass is 32.2. The zero-order valence-corrected chi connectivity index (χ0v) is 13.3. The van der Waals surface area contributed by atoms with Gasteiger partial charge in [0.25, 0.3) is 0 Å². The highest BCUT2D eigenvalue weighted by Crippen LogP contribution is 2.19. The number of nitrogens with zero attached hydrogens (tertiary/aromatic N) is 2. The lowest BCUT2D eigenvalue weighted by molar-refractivity contribution is -0.139. The van der Waals surface area contributed by atoms with E-state index in [4.69, 9.17) is 0 Å². The molecule has 1 heterocycles. The van der Waals surface area contributed by atoms with E-state index in [0.29, 0.717) is 39.0 Å². The van der Waals surface area contributed by atoms with Crippen LogP contribution in [0, 0.1) is 5.41 Å². The van der Waals surface area contributed by atoms with Crippen molar-refractivity contribution in [3.8, 4) is 0 Å². The predicted octanol–water partition coefficient (Wildman–Crippen LogP) is 1.31. The van der Waals surface area contributed by atoms with Crippen molar-refractivity contribution in [2.24, 2.45) is 5.41 Å². The van der Waals surface area contributed by atoms with Gasteiger partial charge in [-0.1, -0.05) is 27.7 Å². The van der Waals surface area contributed by atoms with Gasteiger partial charge in [-0.25, -0.2) is 12.7 Å². The minimum Gasteiger partial charge on any atom is -0.341 e. The van der Waals surface area contributed by atoms with Crippen molar-refractivity contribution in [2.45, 2.75) is 40.5 Å². The summed E-state index contributed by atoms with van der Waals surface area (Å²) in [7, 11) is -3.15. The average Bonchev–Trinajstić information content (AvgIpc) is 2.52. The zero-order chi connectivity index (χ0) is 14.7. The number of sulfonamides is 1. The van der Waals surface area contributed by atoms with Crippen LogP contribution in [-0.2, 0) is 14.8 Å². The normalized spacial score (nSPS) is 19.3. The molecule has 1 aliphatic rings. The van der Waals surface area contributed by atoms with Crippen molar-refractivity contribution in [3.05, 3.63) is 0 Å². The van der Waals surface area contributed by atoms with Crippen molar-refractivity contribution < 1.29 is 13.2 Å². The van der Waals surface area contributed by atoms with Gasteiger partial charge in [-0.2, -0.15) is 0 Å². The summed E-state index contributed by atoms with van der Waals surface area (Å²) in [5.74, 6) is 0.294. The summed E-state index contributed by atoms with van der Waals surface area (Å²) in [5, 5.41) is 0. The van der Waals surface area contributed by atoms with Gasteiger partial charge in [0.1, 0.15) is 0 Å². The third-order valence-electron chi connectivity index (χ3n) is 3.24. The Morgan fingerprint density at radius 3 is 2.26 bits per heavy atom. The van der Waals surface area contributed by atoms with E-state index in [1.807, 2.05) is 27.7 Å². The van der Waals surface area contributed by atoms with Gasteiger partial charge >= 0.3 is 0 Å². The van der Waals surface area contributed by atoms with Gasteiger partial charge in [0.15, 0.2) is 0 Å². The van der Waals surface area contributed by atoms with Gasteiger partial charge in [0.05, 0.1) is 5.75 Å². The largest absolute Gasteiger partial charge is 0.341 e. The molecular formula is C13H26N2O3S. The molecule has 1 rings (SSSR count). The van der Waals surface area contributed by atoms with E-state index in [0.717, 1.165) is 0 Å². The lowest BCUT2D eigenvalue weighted by Gasteiger charge is -2.28. The molecule has 1 fully saturated rings. The molecule has 1 saturated heterocycles. The van der Waals surface area contributed by atoms with E-state index in [9.17, 15) is 13.2 Å². The third-order valence-corrected chi connectivity index (χ3v) is 5.32. The van der Waals surface area contributed by atoms with Crippen LogP contribution in [0.2, 0.25) is 0 Å². The number of carbonyl (C=O) groups excluding carboxylic acids is 1. The van der Waals surface area contributed by atoms with Crippen LogP contribution in [0.5, 0.6) is 0 Å². The molecule has 0 radical (unpaired) electrons. The number of hydrogen-bond donors (Lipinski definition) is 0. The first kappa shape index (κ1) is 16.4. The molecule has 1 amide bonds. The molecule has 0 aromatic heterocycles. The van der Waals surface area contributed by atoms with E-state index in [1.54, 1.807) is 4.90 Å². The predicted molar refractivity (Wildman–Crippen MR) is 76.3 cm³/mol. The highest BCUT2D eigenvalue weighted by molar-refractivity contribution is 7.89. The van der Waals surface area contributed by atoms with E-state index in [-0.39, 0.29) is 11.7 Å².